The molecule has 80 valence electrons. The molecular formula is C4H12NO5PS2. The van der Waals surface area contributed by atoms with Gasteiger partial charge in [0.05, 0.1) is 5.25 Å². The minimum Gasteiger partial charge on any atom is -0.329 e. The maximum absolute atomic E-state index is 10.9. The minimum absolute atomic E-state index is 0.133. The van der Waals surface area contributed by atoms with Gasteiger partial charge in [-0.25, -0.2) is 13.0 Å². The molecule has 0 saturated carbocycles. The molecule has 0 amide bonds. The molecule has 9 heteroatoms. The van der Waals surface area contributed by atoms with Crippen LogP contribution in [0.2, 0.25) is 0 Å². The zero-order chi connectivity index (χ0) is 10.7. The predicted molar refractivity (Wildman–Crippen MR) is 52.2 cm³/mol. The molecule has 6 nitrogen and oxygen atoms in total. The van der Waals surface area contributed by atoms with Gasteiger partial charge in [-0.05, 0) is 11.4 Å². The van der Waals surface area contributed by atoms with Gasteiger partial charge in [0.2, 0.25) is 0 Å². The van der Waals surface area contributed by atoms with Crippen LogP contribution in [0.3, 0.4) is 0 Å². The number of hydrogen-bond donors (Lipinski definition) is 3. The third kappa shape index (κ3) is 6.48. The summed E-state index contributed by atoms with van der Waals surface area (Å²) in [6.07, 6.45) is 0.991. The van der Waals surface area contributed by atoms with Crippen molar-refractivity contribution in [2.24, 2.45) is 5.73 Å². The fourth-order valence-corrected chi connectivity index (χ4v) is 4.01. The van der Waals surface area contributed by atoms with Crippen LogP contribution in [0, 0.1) is 0 Å². The van der Waals surface area contributed by atoms with Gasteiger partial charge in [0, 0.05) is 18.6 Å². The summed E-state index contributed by atoms with van der Waals surface area (Å²) in [6.45, 7) is -4.34. The minimum atomic E-state index is -4.21. The van der Waals surface area contributed by atoms with E-state index in [1.807, 2.05) is 0 Å². The number of hydrogen-bond acceptors (Lipinski definition) is 5. The molecule has 13 heavy (non-hydrogen) atoms. The molecule has 0 aliphatic carbocycles. The van der Waals surface area contributed by atoms with E-state index < -0.39 is 21.9 Å². The summed E-state index contributed by atoms with van der Waals surface area (Å²) < 4.78 is 32.3. The molecular weight excluding hydrogens is 237 g/mol. The molecule has 0 fully saturated rings. The molecule has 0 spiro atoms. The van der Waals surface area contributed by atoms with E-state index in [4.69, 9.17) is 15.5 Å². The fraction of sp³-hybridized carbons (Fsp3) is 1.00. The summed E-state index contributed by atoms with van der Waals surface area (Å²) in [7, 11) is -3.33. The average molecular weight is 249 g/mol. The lowest BCUT2D eigenvalue weighted by Gasteiger charge is -2.11. The number of rotatable bonds is 5. The molecule has 1 unspecified atom stereocenters. The molecule has 0 saturated heterocycles. The highest BCUT2D eigenvalue weighted by Gasteiger charge is 2.23. The zero-order valence-electron chi connectivity index (χ0n) is 6.95. The Labute approximate surface area is 80.7 Å². The van der Waals surface area contributed by atoms with Crippen molar-refractivity contribution in [1.82, 2.24) is 0 Å². The molecule has 0 aromatic rings. The zero-order valence-corrected chi connectivity index (χ0v) is 9.48. The van der Waals surface area contributed by atoms with E-state index >= 15 is 0 Å². The SMILES string of the molecule is CS(=O)(=O)C(CN)CSP(=O)(O)O. The van der Waals surface area contributed by atoms with Gasteiger partial charge in [0.1, 0.15) is 0 Å². The lowest BCUT2D eigenvalue weighted by atomic mass is 10.5. The summed E-state index contributed by atoms with van der Waals surface area (Å²) in [5, 5.41) is -0.898. The van der Waals surface area contributed by atoms with Crippen LogP contribution in [0.4, 0.5) is 0 Å². The number of nitrogens with two attached hydrogens (primary N) is 1. The van der Waals surface area contributed by atoms with Crippen molar-refractivity contribution in [3.8, 4) is 0 Å². The molecule has 0 aromatic heterocycles. The monoisotopic (exact) mass is 249 g/mol. The Morgan fingerprint density at radius 1 is 1.54 bits per heavy atom. The maximum atomic E-state index is 10.9. The van der Waals surface area contributed by atoms with Crippen molar-refractivity contribution in [1.29, 1.82) is 0 Å². The Morgan fingerprint density at radius 2 is 2.00 bits per heavy atom. The second-order valence-electron chi connectivity index (χ2n) is 2.47. The van der Waals surface area contributed by atoms with E-state index in [0.29, 0.717) is 11.4 Å². The van der Waals surface area contributed by atoms with E-state index in [1.165, 1.54) is 0 Å². The van der Waals surface area contributed by atoms with Crippen LogP contribution in [-0.4, -0.2) is 42.0 Å². The first kappa shape index (κ1) is 13.4. The summed E-state index contributed by atoms with van der Waals surface area (Å²) in [4.78, 5) is 16.9. The third-order valence-corrected chi connectivity index (χ3v) is 5.42. The largest absolute Gasteiger partial charge is 0.384 e. The van der Waals surface area contributed by atoms with Gasteiger partial charge in [-0.1, -0.05) is 0 Å². The normalized spacial score (nSPS) is 15.7. The quantitative estimate of drug-likeness (QED) is 0.545. The van der Waals surface area contributed by atoms with Crippen molar-refractivity contribution in [2.45, 2.75) is 5.25 Å². The average Bonchev–Trinajstić information content (AvgIpc) is 1.82. The first-order valence-electron chi connectivity index (χ1n) is 3.26. The van der Waals surface area contributed by atoms with Gasteiger partial charge in [-0.15, -0.1) is 0 Å². The second kappa shape index (κ2) is 4.77. The van der Waals surface area contributed by atoms with Gasteiger partial charge in [0.15, 0.2) is 9.84 Å². The summed E-state index contributed by atoms with van der Waals surface area (Å²) in [5.74, 6) is -0.181. The standard InChI is InChI=1S/C4H12NO5PS2/c1-13(9,10)4(2-5)3-12-11(6,7)8/h4H,2-3,5H2,1H3,(H2,6,7,8). The predicted octanol–water partition coefficient (Wildman–Crippen LogP) is -0.816. The van der Waals surface area contributed by atoms with E-state index in [1.54, 1.807) is 0 Å². The highest BCUT2D eigenvalue weighted by atomic mass is 32.7. The van der Waals surface area contributed by atoms with Crippen molar-refractivity contribution < 1.29 is 22.8 Å². The maximum Gasteiger partial charge on any atom is 0.384 e. The molecule has 0 aliphatic heterocycles. The van der Waals surface area contributed by atoms with Crippen LogP contribution < -0.4 is 5.73 Å². The van der Waals surface area contributed by atoms with Crippen molar-refractivity contribution in [3.05, 3.63) is 0 Å². The Bertz CT molecular complexity index is 296. The Kier molecular flexibility index (Phi) is 4.92. The van der Waals surface area contributed by atoms with Crippen LogP contribution >= 0.6 is 18.2 Å². The highest BCUT2D eigenvalue weighted by Crippen LogP contribution is 2.50. The highest BCUT2D eigenvalue weighted by molar-refractivity contribution is 8.54. The molecule has 0 aromatic carbocycles. The van der Waals surface area contributed by atoms with E-state index in [-0.39, 0.29) is 12.3 Å². The van der Waals surface area contributed by atoms with Gasteiger partial charge in [0.25, 0.3) is 0 Å². The number of sulfone groups is 1. The lowest BCUT2D eigenvalue weighted by molar-refractivity contribution is 0.397. The van der Waals surface area contributed by atoms with Crippen molar-refractivity contribution >= 4 is 28.0 Å². The summed E-state index contributed by atoms with van der Waals surface area (Å²) >= 11 is 0.301. The molecule has 0 radical (unpaired) electrons. The Balaban J connectivity index is 4.26. The van der Waals surface area contributed by atoms with Crippen LogP contribution in [0.15, 0.2) is 0 Å². The van der Waals surface area contributed by atoms with Crippen molar-refractivity contribution in [2.75, 3.05) is 18.6 Å². The smallest absolute Gasteiger partial charge is 0.329 e. The molecule has 1 atom stereocenters. The molecule has 0 heterocycles. The fourth-order valence-electron chi connectivity index (χ4n) is 0.547. The van der Waals surface area contributed by atoms with E-state index in [9.17, 15) is 13.0 Å². The van der Waals surface area contributed by atoms with E-state index in [2.05, 4.69) is 0 Å². The van der Waals surface area contributed by atoms with Gasteiger partial charge in [-0.3, -0.25) is 0 Å². The van der Waals surface area contributed by atoms with Gasteiger partial charge in [-0.2, -0.15) is 0 Å². The van der Waals surface area contributed by atoms with E-state index in [0.717, 1.165) is 6.26 Å². The van der Waals surface area contributed by atoms with Crippen LogP contribution in [0.1, 0.15) is 0 Å². The first-order valence-corrected chi connectivity index (χ1v) is 8.41. The Morgan fingerprint density at radius 3 is 2.23 bits per heavy atom. The third-order valence-electron chi connectivity index (χ3n) is 1.30. The Hall–Kier alpha value is 0.410. The van der Waals surface area contributed by atoms with Crippen molar-refractivity contribution in [3.63, 3.8) is 0 Å². The molecule has 0 aliphatic rings. The van der Waals surface area contributed by atoms with Gasteiger partial charge < -0.3 is 15.5 Å². The molecule has 4 N–H and O–H groups in total. The summed E-state index contributed by atoms with van der Waals surface area (Å²) in [6, 6.07) is 0. The lowest BCUT2D eigenvalue weighted by Crippen LogP contribution is -2.31. The summed E-state index contributed by atoms with van der Waals surface area (Å²) in [5.41, 5.74) is 5.14. The van der Waals surface area contributed by atoms with Crippen LogP contribution in [0.25, 0.3) is 0 Å². The van der Waals surface area contributed by atoms with Gasteiger partial charge >= 0.3 is 6.80 Å². The topological polar surface area (TPSA) is 118 Å². The molecule has 0 rings (SSSR count). The van der Waals surface area contributed by atoms with Crippen LogP contribution in [-0.2, 0) is 14.4 Å². The van der Waals surface area contributed by atoms with Crippen LogP contribution in [0.5, 0.6) is 0 Å². The second-order valence-corrected chi connectivity index (χ2v) is 8.57. The first-order chi connectivity index (χ1) is 5.67. The molecule has 0 bridgehead atoms.